The summed E-state index contributed by atoms with van der Waals surface area (Å²) in [5.74, 6) is -0.347. The molecule has 1 heterocycles. The van der Waals surface area contributed by atoms with E-state index in [1.54, 1.807) is 24.8 Å². The summed E-state index contributed by atoms with van der Waals surface area (Å²) in [5.41, 5.74) is 1.61. The number of carbonyl (C=O) groups excluding carboxylic acids is 1. The Morgan fingerprint density at radius 2 is 1.85 bits per heavy atom. The predicted octanol–water partition coefficient (Wildman–Crippen LogP) is 2.01. The van der Waals surface area contributed by atoms with Crippen LogP contribution in [0.4, 0.5) is 8.78 Å². The molecule has 0 aliphatic carbocycles. The highest BCUT2D eigenvalue weighted by molar-refractivity contribution is 7.89. The minimum Gasteiger partial charge on any atom is -0.349 e. The van der Waals surface area contributed by atoms with Gasteiger partial charge in [-0.3, -0.25) is 9.69 Å². The van der Waals surface area contributed by atoms with Gasteiger partial charge in [-0.15, -0.1) is 0 Å². The minimum atomic E-state index is -3.66. The highest BCUT2D eigenvalue weighted by Crippen LogP contribution is 2.23. The van der Waals surface area contributed by atoms with E-state index >= 15 is 0 Å². The van der Waals surface area contributed by atoms with Gasteiger partial charge in [0, 0.05) is 38.8 Å². The number of nitrogens with zero attached hydrogens (tertiary/aromatic N) is 2. The highest BCUT2D eigenvalue weighted by atomic mass is 32.2. The summed E-state index contributed by atoms with van der Waals surface area (Å²) in [7, 11) is -0.765. The van der Waals surface area contributed by atoms with Crippen molar-refractivity contribution in [2.75, 3.05) is 33.7 Å². The maximum absolute atomic E-state index is 12.6. The van der Waals surface area contributed by atoms with E-state index in [4.69, 9.17) is 0 Å². The second-order valence-electron chi connectivity index (χ2n) is 7.14. The van der Waals surface area contributed by atoms with E-state index in [-0.39, 0.29) is 29.0 Å². The smallest absolute Gasteiger partial charge is 0.251 e. The molecule has 0 radical (unpaired) electrons. The third-order valence-corrected chi connectivity index (χ3v) is 6.90. The number of benzene rings is 1. The Kier molecular flexibility index (Phi) is 6.93. The van der Waals surface area contributed by atoms with Gasteiger partial charge in [0.1, 0.15) is 0 Å². The van der Waals surface area contributed by atoms with Gasteiger partial charge in [0.2, 0.25) is 10.0 Å². The number of hydrogen-bond donors (Lipinski definition) is 1. The quantitative estimate of drug-likeness (QED) is 0.789. The van der Waals surface area contributed by atoms with Gasteiger partial charge >= 0.3 is 0 Å². The van der Waals surface area contributed by atoms with Crippen molar-refractivity contribution in [1.29, 1.82) is 0 Å². The van der Waals surface area contributed by atoms with Gasteiger partial charge in [-0.1, -0.05) is 0 Å². The van der Waals surface area contributed by atoms with E-state index < -0.39 is 16.4 Å². The molecular weight excluding hydrogens is 376 g/mol. The van der Waals surface area contributed by atoms with Crippen molar-refractivity contribution in [1.82, 2.24) is 14.5 Å². The number of piperidine rings is 1. The molecule has 1 aromatic rings. The van der Waals surface area contributed by atoms with E-state index in [0.29, 0.717) is 31.5 Å². The second kappa shape index (κ2) is 8.62. The Morgan fingerprint density at radius 3 is 2.37 bits per heavy atom. The van der Waals surface area contributed by atoms with Gasteiger partial charge < -0.3 is 5.32 Å². The molecule has 2 rings (SSSR count). The van der Waals surface area contributed by atoms with Crippen LogP contribution in [0.3, 0.4) is 0 Å². The van der Waals surface area contributed by atoms with E-state index in [1.807, 2.05) is 0 Å². The lowest BCUT2D eigenvalue weighted by Gasteiger charge is -2.32. The van der Waals surface area contributed by atoms with Crippen molar-refractivity contribution in [3.8, 4) is 0 Å². The van der Waals surface area contributed by atoms with Crippen LogP contribution in [0.1, 0.15) is 34.3 Å². The van der Waals surface area contributed by atoms with Crippen molar-refractivity contribution in [2.24, 2.45) is 0 Å². The zero-order chi connectivity index (χ0) is 20.4. The van der Waals surface area contributed by atoms with Crippen LogP contribution in [0.2, 0.25) is 0 Å². The molecular formula is C18H27F2N3O3S. The number of nitrogens with one attached hydrogen (secondary N) is 1. The standard InChI is InChI=1S/C18H27F2N3O3S/c1-12-9-14(10-16(13(12)2)27(25,26)22(3)4)18(24)21-15-5-7-23(8-6-15)11-17(19)20/h9-10,15,17H,5-8,11H2,1-4H3,(H,21,24). The normalized spacial score (nSPS) is 16.9. The van der Waals surface area contributed by atoms with E-state index in [1.165, 1.54) is 20.2 Å². The minimum absolute atomic E-state index is 0.109. The average molecular weight is 403 g/mol. The number of alkyl halides is 2. The lowest BCUT2D eigenvalue weighted by atomic mass is 10.0. The number of hydrogen-bond acceptors (Lipinski definition) is 4. The molecule has 0 saturated carbocycles. The maximum Gasteiger partial charge on any atom is 0.251 e. The summed E-state index contributed by atoms with van der Waals surface area (Å²) in [6.07, 6.45) is -1.18. The summed E-state index contributed by atoms with van der Waals surface area (Å²) in [4.78, 5) is 14.4. The molecule has 1 saturated heterocycles. The van der Waals surface area contributed by atoms with Crippen molar-refractivity contribution in [3.05, 3.63) is 28.8 Å². The fraction of sp³-hybridized carbons (Fsp3) is 0.611. The average Bonchev–Trinajstić information content (AvgIpc) is 2.58. The Bertz CT molecular complexity index is 789. The third kappa shape index (κ3) is 5.24. The zero-order valence-corrected chi connectivity index (χ0v) is 16.9. The molecule has 1 amide bonds. The van der Waals surface area contributed by atoms with Crippen LogP contribution >= 0.6 is 0 Å². The van der Waals surface area contributed by atoms with Crippen LogP contribution in [0.5, 0.6) is 0 Å². The number of amides is 1. The van der Waals surface area contributed by atoms with E-state index in [0.717, 1.165) is 9.87 Å². The largest absolute Gasteiger partial charge is 0.349 e. The highest BCUT2D eigenvalue weighted by Gasteiger charge is 2.25. The number of rotatable bonds is 6. The number of carbonyl (C=O) groups is 1. The molecule has 0 aromatic heterocycles. The maximum atomic E-state index is 12.6. The predicted molar refractivity (Wildman–Crippen MR) is 99.7 cm³/mol. The molecule has 1 N–H and O–H groups in total. The van der Waals surface area contributed by atoms with Crippen LogP contribution < -0.4 is 5.32 Å². The molecule has 1 aliphatic rings. The first-order valence-electron chi connectivity index (χ1n) is 8.87. The first-order chi connectivity index (χ1) is 12.5. The SMILES string of the molecule is Cc1cc(C(=O)NC2CCN(CC(F)F)CC2)cc(S(=O)(=O)N(C)C)c1C. The molecule has 9 heteroatoms. The third-order valence-electron chi connectivity index (χ3n) is 4.96. The summed E-state index contributed by atoms with van der Waals surface area (Å²) >= 11 is 0. The van der Waals surface area contributed by atoms with Gasteiger partial charge in [-0.25, -0.2) is 21.5 Å². The molecule has 1 aliphatic heterocycles. The van der Waals surface area contributed by atoms with Crippen molar-refractivity contribution >= 4 is 15.9 Å². The molecule has 0 atom stereocenters. The van der Waals surface area contributed by atoms with Gasteiger partial charge in [-0.05, 0) is 49.9 Å². The van der Waals surface area contributed by atoms with Crippen LogP contribution in [0, 0.1) is 13.8 Å². The van der Waals surface area contributed by atoms with Crippen LogP contribution in [-0.4, -0.2) is 69.7 Å². The van der Waals surface area contributed by atoms with E-state index in [2.05, 4.69) is 5.32 Å². The second-order valence-corrected chi connectivity index (χ2v) is 9.26. The number of halogens is 2. The Hall–Kier alpha value is -1.58. The summed E-state index contributed by atoms with van der Waals surface area (Å²) in [5, 5.41) is 2.90. The van der Waals surface area contributed by atoms with Crippen molar-refractivity contribution in [2.45, 2.75) is 44.1 Å². The fourth-order valence-electron chi connectivity index (χ4n) is 3.15. The first-order valence-corrected chi connectivity index (χ1v) is 10.3. The number of sulfonamides is 1. The summed E-state index contributed by atoms with van der Waals surface area (Å²) in [6, 6.07) is 2.96. The molecule has 6 nitrogen and oxygen atoms in total. The van der Waals surface area contributed by atoms with Gasteiger partial charge in [0.25, 0.3) is 12.3 Å². The van der Waals surface area contributed by atoms with Crippen LogP contribution in [0.15, 0.2) is 17.0 Å². The molecule has 1 aromatic carbocycles. The van der Waals surface area contributed by atoms with Gasteiger partial charge in [0.05, 0.1) is 11.4 Å². The fourth-order valence-corrected chi connectivity index (χ4v) is 4.36. The molecule has 152 valence electrons. The first kappa shape index (κ1) is 21.7. The Morgan fingerprint density at radius 1 is 1.26 bits per heavy atom. The molecule has 0 bridgehead atoms. The lowest BCUT2D eigenvalue weighted by molar-refractivity contribution is 0.0696. The molecule has 0 spiro atoms. The monoisotopic (exact) mass is 403 g/mol. The summed E-state index contributed by atoms with van der Waals surface area (Å²) in [6.45, 7) is 4.24. The zero-order valence-electron chi connectivity index (χ0n) is 16.1. The molecule has 27 heavy (non-hydrogen) atoms. The number of likely N-dealkylation sites (tertiary alicyclic amines) is 1. The summed E-state index contributed by atoms with van der Waals surface area (Å²) < 4.78 is 51.1. The molecule has 1 fully saturated rings. The van der Waals surface area contributed by atoms with Crippen LogP contribution in [0.25, 0.3) is 0 Å². The number of aryl methyl sites for hydroxylation is 1. The van der Waals surface area contributed by atoms with Crippen molar-refractivity contribution < 1.29 is 22.0 Å². The Balaban J connectivity index is 2.13. The van der Waals surface area contributed by atoms with E-state index in [9.17, 15) is 22.0 Å². The van der Waals surface area contributed by atoms with Gasteiger partial charge in [-0.2, -0.15) is 0 Å². The molecule has 0 unspecified atom stereocenters. The van der Waals surface area contributed by atoms with Gasteiger partial charge in [0.15, 0.2) is 0 Å². The van der Waals surface area contributed by atoms with Crippen LogP contribution in [-0.2, 0) is 10.0 Å². The lowest BCUT2D eigenvalue weighted by Crippen LogP contribution is -2.45. The topological polar surface area (TPSA) is 69.7 Å². The Labute approximate surface area is 159 Å². The van der Waals surface area contributed by atoms with Crippen molar-refractivity contribution in [3.63, 3.8) is 0 Å².